The third-order valence-corrected chi connectivity index (χ3v) is 6.75. The average molecular weight is 535 g/mol. The van der Waals surface area contributed by atoms with Crippen LogP contribution in [0.5, 0.6) is 0 Å². The first kappa shape index (κ1) is 26.3. The average Bonchev–Trinajstić information content (AvgIpc) is 3.34. The Hall–Kier alpha value is -4.34. The molecular weight excluding hydrogens is 506 g/mol. The van der Waals surface area contributed by atoms with Crippen molar-refractivity contribution in [2.45, 2.75) is 51.2 Å². The highest BCUT2D eigenvalue weighted by atomic mass is 19.1. The molecule has 0 radical (unpaired) electrons. The zero-order valence-electron chi connectivity index (χ0n) is 21.8. The van der Waals surface area contributed by atoms with E-state index < -0.39 is 41.2 Å². The maximum atomic E-state index is 13.7. The van der Waals surface area contributed by atoms with Crippen molar-refractivity contribution in [1.29, 1.82) is 0 Å². The second-order valence-electron chi connectivity index (χ2n) is 10.9. The molecule has 2 N–H and O–H groups in total. The molecule has 8 nitrogen and oxygen atoms in total. The van der Waals surface area contributed by atoms with Crippen LogP contribution in [0.2, 0.25) is 0 Å². The van der Waals surface area contributed by atoms with E-state index in [0.29, 0.717) is 24.3 Å². The Labute approximate surface area is 224 Å². The normalized spacial score (nSPS) is 17.4. The molecule has 1 aliphatic carbocycles. The number of anilines is 2. The fourth-order valence-electron chi connectivity index (χ4n) is 5.15. The molecule has 39 heavy (non-hydrogen) atoms. The zero-order valence-corrected chi connectivity index (χ0v) is 21.8. The van der Waals surface area contributed by atoms with E-state index in [4.69, 9.17) is 4.74 Å². The van der Waals surface area contributed by atoms with Crippen LogP contribution in [0, 0.1) is 11.6 Å². The number of amides is 3. The van der Waals surface area contributed by atoms with Gasteiger partial charge in [0.05, 0.1) is 5.41 Å². The van der Waals surface area contributed by atoms with Crippen LogP contribution in [-0.4, -0.2) is 39.9 Å². The SMILES string of the molecule is CC(C)(C)OC(=O)N(CC(=O)Nc1ccc2c(c1)C[C@@]1(C2)C(=O)Nc2ncccc21)Cc1cc(F)cc(F)c1. The number of carbonyl (C=O) groups is 3. The van der Waals surface area contributed by atoms with Crippen LogP contribution in [0.4, 0.5) is 25.1 Å². The first-order chi connectivity index (χ1) is 18.4. The fraction of sp³-hybridized carbons (Fsp3) is 0.310. The Morgan fingerprint density at radius 3 is 2.51 bits per heavy atom. The van der Waals surface area contributed by atoms with Crippen molar-refractivity contribution in [3.05, 3.63) is 88.6 Å². The Kier molecular flexibility index (Phi) is 6.57. The fourth-order valence-corrected chi connectivity index (χ4v) is 5.15. The molecule has 0 saturated heterocycles. The van der Waals surface area contributed by atoms with E-state index in [9.17, 15) is 23.2 Å². The minimum Gasteiger partial charge on any atom is -0.444 e. The number of fused-ring (bicyclic) bond motifs is 3. The number of aromatic nitrogens is 1. The third kappa shape index (κ3) is 5.45. The Morgan fingerprint density at radius 2 is 1.79 bits per heavy atom. The number of hydrogen-bond acceptors (Lipinski definition) is 5. The van der Waals surface area contributed by atoms with E-state index in [2.05, 4.69) is 15.6 Å². The first-order valence-corrected chi connectivity index (χ1v) is 12.5. The second-order valence-corrected chi connectivity index (χ2v) is 10.9. The number of benzene rings is 2. The van der Waals surface area contributed by atoms with E-state index in [-0.39, 0.29) is 18.0 Å². The number of ether oxygens (including phenoxy) is 1. The van der Waals surface area contributed by atoms with Gasteiger partial charge in [-0.25, -0.2) is 18.6 Å². The lowest BCUT2D eigenvalue weighted by Gasteiger charge is -2.27. The summed E-state index contributed by atoms with van der Waals surface area (Å²) in [4.78, 5) is 44.2. The van der Waals surface area contributed by atoms with Gasteiger partial charge in [0.1, 0.15) is 29.6 Å². The standard InChI is InChI=1S/C29H28F2N4O4/c1-28(2,3)39-27(38)35(15-17-9-20(30)12-21(31)10-17)16-24(36)33-22-7-6-18-13-29(14-19(18)11-22)23-5-4-8-32-25(23)34-26(29)37/h4-12H,13-16H2,1-3H3,(H,33,36)(H,32,34,37)/t29-/m1/s1. The van der Waals surface area contributed by atoms with Crippen LogP contribution in [0.3, 0.4) is 0 Å². The van der Waals surface area contributed by atoms with Crippen LogP contribution < -0.4 is 10.6 Å². The van der Waals surface area contributed by atoms with Gasteiger partial charge in [-0.2, -0.15) is 0 Å². The van der Waals surface area contributed by atoms with E-state index in [1.54, 1.807) is 33.0 Å². The summed E-state index contributed by atoms with van der Waals surface area (Å²) in [5.74, 6) is -1.62. The monoisotopic (exact) mass is 534 g/mol. The number of nitrogens with zero attached hydrogens (tertiary/aromatic N) is 2. The Morgan fingerprint density at radius 1 is 1.08 bits per heavy atom. The molecule has 1 spiro atoms. The lowest BCUT2D eigenvalue weighted by atomic mass is 9.79. The van der Waals surface area contributed by atoms with Gasteiger partial charge in [0.2, 0.25) is 11.8 Å². The number of halogens is 2. The summed E-state index contributed by atoms with van der Waals surface area (Å²) in [7, 11) is 0. The second kappa shape index (κ2) is 9.76. The van der Waals surface area contributed by atoms with Gasteiger partial charge >= 0.3 is 6.09 Å². The van der Waals surface area contributed by atoms with Gasteiger partial charge in [-0.15, -0.1) is 0 Å². The predicted molar refractivity (Wildman–Crippen MR) is 140 cm³/mol. The highest BCUT2D eigenvalue weighted by Crippen LogP contribution is 2.46. The molecule has 0 saturated carbocycles. The minimum absolute atomic E-state index is 0.0974. The number of rotatable bonds is 5. The molecule has 1 aromatic heterocycles. The molecule has 0 unspecified atom stereocenters. The van der Waals surface area contributed by atoms with Gasteiger partial charge in [-0.3, -0.25) is 14.5 Å². The van der Waals surface area contributed by atoms with Gasteiger partial charge in [0, 0.05) is 30.1 Å². The third-order valence-electron chi connectivity index (χ3n) is 6.75. The van der Waals surface area contributed by atoms with Crippen molar-refractivity contribution in [3.63, 3.8) is 0 Å². The molecule has 10 heteroatoms. The first-order valence-electron chi connectivity index (χ1n) is 12.5. The van der Waals surface area contributed by atoms with Gasteiger partial charge in [-0.1, -0.05) is 12.1 Å². The van der Waals surface area contributed by atoms with E-state index in [0.717, 1.165) is 39.8 Å². The number of carbonyl (C=O) groups excluding carboxylic acids is 3. The van der Waals surface area contributed by atoms with Gasteiger partial charge in [0.15, 0.2) is 0 Å². The Balaban J connectivity index is 1.32. The van der Waals surface area contributed by atoms with E-state index >= 15 is 0 Å². The molecule has 2 aliphatic rings. The molecule has 2 aromatic carbocycles. The van der Waals surface area contributed by atoms with Crippen LogP contribution in [0.15, 0.2) is 54.7 Å². The topological polar surface area (TPSA) is 101 Å². The maximum Gasteiger partial charge on any atom is 0.411 e. The minimum atomic E-state index is -0.838. The summed E-state index contributed by atoms with van der Waals surface area (Å²) in [5.41, 5.74) is 1.90. The van der Waals surface area contributed by atoms with Crippen LogP contribution in [0.1, 0.15) is 43.0 Å². The van der Waals surface area contributed by atoms with Crippen molar-refractivity contribution in [3.8, 4) is 0 Å². The molecular formula is C29H28F2N4O4. The molecule has 2 heterocycles. The largest absolute Gasteiger partial charge is 0.444 e. The number of pyridine rings is 1. The summed E-state index contributed by atoms with van der Waals surface area (Å²) >= 11 is 0. The number of nitrogens with one attached hydrogen (secondary N) is 2. The molecule has 1 atom stereocenters. The van der Waals surface area contributed by atoms with Crippen molar-refractivity contribution in [2.24, 2.45) is 0 Å². The van der Waals surface area contributed by atoms with Crippen molar-refractivity contribution < 1.29 is 27.9 Å². The van der Waals surface area contributed by atoms with E-state index in [1.165, 1.54) is 0 Å². The lowest BCUT2D eigenvalue weighted by Crippen LogP contribution is -2.41. The van der Waals surface area contributed by atoms with Crippen LogP contribution >= 0.6 is 0 Å². The molecule has 202 valence electrons. The molecule has 3 amide bonds. The highest BCUT2D eigenvalue weighted by molar-refractivity contribution is 6.06. The summed E-state index contributed by atoms with van der Waals surface area (Å²) in [6.45, 7) is 4.41. The quantitative estimate of drug-likeness (QED) is 0.493. The predicted octanol–water partition coefficient (Wildman–Crippen LogP) is 4.72. The Bertz CT molecular complexity index is 1470. The van der Waals surface area contributed by atoms with Crippen LogP contribution in [-0.2, 0) is 39.1 Å². The van der Waals surface area contributed by atoms with Gasteiger partial charge < -0.3 is 15.4 Å². The summed E-state index contributed by atoms with van der Waals surface area (Å²) < 4.78 is 32.9. The number of hydrogen-bond donors (Lipinski definition) is 2. The summed E-state index contributed by atoms with van der Waals surface area (Å²) in [6.07, 6.45) is 1.83. The molecule has 0 fully saturated rings. The molecule has 1 aliphatic heterocycles. The van der Waals surface area contributed by atoms with E-state index in [1.807, 2.05) is 24.3 Å². The van der Waals surface area contributed by atoms with Gasteiger partial charge in [-0.05, 0) is 80.6 Å². The molecule has 0 bridgehead atoms. The lowest BCUT2D eigenvalue weighted by molar-refractivity contribution is -0.120. The van der Waals surface area contributed by atoms with Crippen molar-refractivity contribution in [1.82, 2.24) is 9.88 Å². The van der Waals surface area contributed by atoms with Crippen molar-refractivity contribution in [2.75, 3.05) is 17.2 Å². The molecule has 5 rings (SSSR count). The van der Waals surface area contributed by atoms with Crippen molar-refractivity contribution >= 4 is 29.4 Å². The van der Waals surface area contributed by atoms with Gasteiger partial charge in [0.25, 0.3) is 0 Å². The maximum absolute atomic E-state index is 13.7. The van der Waals surface area contributed by atoms with Crippen LogP contribution in [0.25, 0.3) is 0 Å². The summed E-state index contributed by atoms with van der Waals surface area (Å²) in [6, 6.07) is 12.1. The molecule has 3 aromatic rings. The summed E-state index contributed by atoms with van der Waals surface area (Å²) in [5, 5.41) is 5.66. The smallest absolute Gasteiger partial charge is 0.411 e. The highest BCUT2D eigenvalue weighted by Gasteiger charge is 2.51. The zero-order chi connectivity index (χ0) is 27.9.